The van der Waals surface area contributed by atoms with Crippen LogP contribution >= 0.6 is 11.6 Å². The van der Waals surface area contributed by atoms with Crippen LogP contribution in [-0.4, -0.2) is 34.6 Å². The monoisotopic (exact) mass is 310 g/mol. The van der Waals surface area contributed by atoms with Crippen molar-refractivity contribution in [2.24, 2.45) is 0 Å². The third kappa shape index (κ3) is 3.39. The van der Waals surface area contributed by atoms with E-state index in [1.165, 1.54) is 23.1 Å². The third-order valence-corrected chi connectivity index (χ3v) is 4.00. The van der Waals surface area contributed by atoms with Crippen LogP contribution in [0.1, 0.15) is 36.0 Å². The van der Waals surface area contributed by atoms with Gasteiger partial charge in [0.1, 0.15) is 11.3 Å². The lowest BCUT2D eigenvalue weighted by atomic mass is 9.93. The lowest BCUT2D eigenvalue weighted by Gasteiger charge is -2.30. The van der Waals surface area contributed by atoms with Gasteiger partial charge in [0.05, 0.1) is 4.92 Å². The zero-order valence-corrected chi connectivity index (χ0v) is 12.3. The molecule has 0 unspecified atom stereocenters. The van der Waals surface area contributed by atoms with E-state index in [1.54, 1.807) is 7.05 Å². The van der Waals surface area contributed by atoms with E-state index >= 15 is 0 Å². The van der Waals surface area contributed by atoms with Crippen molar-refractivity contribution in [3.63, 3.8) is 0 Å². The fourth-order valence-electron chi connectivity index (χ4n) is 2.50. The minimum atomic E-state index is -0.614. The van der Waals surface area contributed by atoms with Gasteiger partial charge in [-0.25, -0.2) is 0 Å². The molecule has 2 rings (SSSR count). The van der Waals surface area contributed by atoms with Gasteiger partial charge in [-0.2, -0.15) is 0 Å². The zero-order valence-electron chi connectivity index (χ0n) is 11.5. The van der Waals surface area contributed by atoms with Crippen LogP contribution in [0.2, 0.25) is 5.02 Å². The maximum Gasteiger partial charge on any atom is 0.283 e. The van der Waals surface area contributed by atoms with Gasteiger partial charge in [-0.05, 0) is 25.0 Å². The van der Waals surface area contributed by atoms with Crippen LogP contribution in [0.3, 0.4) is 0 Å². The summed E-state index contributed by atoms with van der Waals surface area (Å²) in [5, 5.41) is 11.3. The highest BCUT2D eigenvalue weighted by Crippen LogP contribution is 2.27. The molecule has 0 spiro atoms. The molecule has 1 saturated carbocycles. The van der Waals surface area contributed by atoms with Gasteiger partial charge in [0.25, 0.3) is 11.6 Å². The summed E-state index contributed by atoms with van der Waals surface area (Å²) in [4.78, 5) is 35.6. The maximum atomic E-state index is 12.5. The first-order valence-corrected chi connectivity index (χ1v) is 7.00. The Hall–Kier alpha value is -1.95. The van der Waals surface area contributed by atoms with Crippen LogP contribution in [-0.2, 0) is 4.79 Å². The molecule has 0 saturated heterocycles. The Bertz CT molecular complexity index is 593. The number of benzene rings is 1. The second-order valence-electron chi connectivity index (χ2n) is 5.10. The Kier molecular flexibility index (Phi) is 4.57. The molecule has 1 aromatic carbocycles. The van der Waals surface area contributed by atoms with Gasteiger partial charge in [0.2, 0.25) is 0 Å². The lowest BCUT2D eigenvalue weighted by Crippen LogP contribution is -2.39. The number of rotatable bonds is 3. The Morgan fingerprint density at radius 2 is 2.00 bits per heavy atom. The molecule has 0 aliphatic heterocycles. The summed E-state index contributed by atoms with van der Waals surface area (Å²) in [5.74, 6) is -0.220. The minimum absolute atomic E-state index is 0.0174. The first-order valence-electron chi connectivity index (χ1n) is 6.63. The molecular formula is C14H15ClN2O4. The van der Waals surface area contributed by atoms with Crippen LogP contribution in [0.4, 0.5) is 5.69 Å². The van der Waals surface area contributed by atoms with Crippen molar-refractivity contribution in [2.75, 3.05) is 7.05 Å². The Balaban J connectivity index is 2.23. The number of halogens is 1. The number of amides is 1. The van der Waals surface area contributed by atoms with E-state index in [9.17, 15) is 19.7 Å². The number of carbonyl (C=O) groups is 2. The van der Waals surface area contributed by atoms with Crippen molar-refractivity contribution in [3.8, 4) is 0 Å². The van der Waals surface area contributed by atoms with Crippen LogP contribution in [0.25, 0.3) is 0 Å². The van der Waals surface area contributed by atoms with Gasteiger partial charge >= 0.3 is 0 Å². The predicted octanol–water partition coefficient (Wildman–Crippen LogP) is 2.83. The van der Waals surface area contributed by atoms with E-state index in [0.29, 0.717) is 25.7 Å². The molecule has 1 aromatic rings. The summed E-state index contributed by atoms with van der Waals surface area (Å²) >= 11 is 5.74. The first kappa shape index (κ1) is 15.4. The van der Waals surface area contributed by atoms with E-state index in [1.807, 2.05) is 0 Å². The average Bonchev–Trinajstić information content (AvgIpc) is 2.46. The first-order chi connectivity index (χ1) is 9.90. The normalized spacial score (nSPS) is 15.8. The molecular weight excluding hydrogens is 296 g/mol. The number of nitrogens with zero attached hydrogens (tertiary/aromatic N) is 2. The van der Waals surface area contributed by atoms with Gasteiger partial charge in [0, 0.05) is 37.0 Å². The number of carbonyl (C=O) groups excluding carboxylic acids is 2. The Labute approximate surface area is 126 Å². The van der Waals surface area contributed by atoms with Gasteiger partial charge in [-0.1, -0.05) is 11.6 Å². The number of hydrogen-bond acceptors (Lipinski definition) is 4. The van der Waals surface area contributed by atoms with Crippen molar-refractivity contribution >= 4 is 29.0 Å². The highest BCUT2D eigenvalue weighted by molar-refractivity contribution is 6.31. The summed E-state index contributed by atoms with van der Waals surface area (Å²) in [6.45, 7) is 0. The van der Waals surface area contributed by atoms with Crippen molar-refractivity contribution in [1.82, 2.24) is 4.90 Å². The molecule has 6 nitrogen and oxygen atoms in total. The van der Waals surface area contributed by atoms with Crippen molar-refractivity contribution in [1.29, 1.82) is 0 Å². The summed E-state index contributed by atoms with van der Waals surface area (Å²) in [5.41, 5.74) is -0.282. The number of nitro groups is 1. The Morgan fingerprint density at radius 3 is 2.57 bits per heavy atom. The molecule has 0 heterocycles. The molecule has 1 fully saturated rings. The van der Waals surface area contributed by atoms with Gasteiger partial charge in [0.15, 0.2) is 0 Å². The summed E-state index contributed by atoms with van der Waals surface area (Å²) in [6.07, 6.45) is 2.10. The van der Waals surface area contributed by atoms with E-state index in [-0.39, 0.29) is 28.1 Å². The number of hydrogen-bond donors (Lipinski definition) is 0. The number of Topliss-reactive ketones (excluding diaryl/α,β-unsaturated/α-hetero) is 1. The van der Waals surface area contributed by atoms with Crippen molar-refractivity contribution in [3.05, 3.63) is 38.9 Å². The van der Waals surface area contributed by atoms with Crippen LogP contribution in [0.15, 0.2) is 18.2 Å². The van der Waals surface area contributed by atoms with Crippen molar-refractivity contribution < 1.29 is 14.5 Å². The molecule has 0 atom stereocenters. The lowest BCUT2D eigenvalue weighted by molar-refractivity contribution is -0.385. The molecule has 1 amide bonds. The molecule has 0 aromatic heterocycles. The van der Waals surface area contributed by atoms with Gasteiger partial charge in [-0.3, -0.25) is 19.7 Å². The summed E-state index contributed by atoms with van der Waals surface area (Å²) in [6, 6.07) is 3.94. The van der Waals surface area contributed by atoms with Crippen LogP contribution < -0.4 is 0 Å². The highest BCUT2D eigenvalue weighted by atomic mass is 35.5. The van der Waals surface area contributed by atoms with Crippen LogP contribution in [0, 0.1) is 10.1 Å². The molecule has 0 N–H and O–H groups in total. The second-order valence-corrected chi connectivity index (χ2v) is 5.54. The quantitative estimate of drug-likeness (QED) is 0.635. The molecule has 0 bridgehead atoms. The van der Waals surface area contributed by atoms with E-state index in [0.717, 1.165) is 0 Å². The summed E-state index contributed by atoms with van der Waals surface area (Å²) in [7, 11) is 1.61. The fourth-order valence-corrected chi connectivity index (χ4v) is 2.67. The van der Waals surface area contributed by atoms with Crippen LogP contribution in [0.5, 0.6) is 0 Å². The molecule has 1 aliphatic carbocycles. The largest absolute Gasteiger partial charge is 0.338 e. The molecule has 112 valence electrons. The Morgan fingerprint density at radius 1 is 1.38 bits per heavy atom. The molecule has 7 heteroatoms. The smallest absolute Gasteiger partial charge is 0.283 e. The minimum Gasteiger partial charge on any atom is -0.338 e. The molecule has 1 aliphatic rings. The molecule has 21 heavy (non-hydrogen) atoms. The van der Waals surface area contributed by atoms with Gasteiger partial charge < -0.3 is 4.90 Å². The SMILES string of the molecule is CN(C(=O)c1ccc(Cl)cc1[N+](=O)[O-])C1CCC(=O)CC1. The highest BCUT2D eigenvalue weighted by Gasteiger charge is 2.29. The maximum absolute atomic E-state index is 12.5. The van der Waals surface area contributed by atoms with E-state index in [4.69, 9.17) is 11.6 Å². The average molecular weight is 311 g/mol. The topological polar surface area (TPSA) is 80.5 Å². The van der Waals surface area contributed by atoms with Crippen molar-refractivity contribution in [2.45, 2.75) is 31.7 Å². The fraction of sp³-hybridized carbons (Fsp3) is 0.429. The second kappa shape index (κ2) is 6.22. The van der Waals surface area contributed by atoms with E-state index < -0.39 is 10.8 Å². The van der Waals surface area contributed by atoms with Gasteiger partial charge in [-0.15, -0.1) is 0 Å². The third-order valence-electron chi connectivity index (χ3n) is 3.77. The number of ketones is 1. The number of nitro benzene ring substituents is 1. The standard InChI is InChI=1S/C14H15ClN2O4/c1-16(10-3-5-11(18)6-4-10)14(19)12-7-2-9(15)8-13(12)17(20)21/h2,7-8,10H,3-6H2,1H3. The zero-order chi connectivity index (χ0) is 15.6. The van der Waals surface area contributed by atoms with E-state index in [2.05, 4.69) is 0 Å². The summed E-state index contributed by atoms with van der Waals surface area (Å²) < 4.78 is 0. The molecule has 0 radical (unpaired) electrons. The predicted molar refractivity (Wildman–Crippen MR) is 77.5 cm³/mol.